The molecule has 4 fully saturated rings. The van der Waals surface area contributed by atoms with Gasteiger partial charge in [0.25, 0.3) is 0 Å². The highest BCUT2D eigenvalue weighted by Crippen LogP contribution is 2.63. The molecule has 4 aliphatic rings. The lowest BCUT2D eigenvalue weighted by Gasteiger charge is -2.61. The summed E-state index contributed by atoms with van der Waals surface area (Å²) in [7, 11) is 0. The van der Waals surface area contributed by atoms with Gasteiger partial charge < -0.3 is 0 Å². The molecule has 4 bridgehead atoms. The van der Waals surface area contributed by atoms with Gasteiger partial charge in [0.2, 0.25) is 0 Å². The molecule has 4 saturated carbocycles. The van der Waals surface area contributed by atoms with Crippen LogP contribution in [0.1, 0.15) is 39.5 Å². The summed E-state index contributed by atoms with van der Waals surface area (Å²) in [6, 6.07) is 0. The summed E-state index contributed by atoms with van der Waals surface area (Å²) >= 11 is 3.96. The van der Waals surface area contributed by atoms with Crippen molar-refractivity contribution in [2.24, 2.45) is 29.1 Å². The lowest BCUT2D eigenvalue weighted by Crippen LogP contribution is -2.55. The largest absolute Gasteiger partial charge is 0.0884 e. The van der Waals surface area contributed by atoms with Crippen molar-refractivity contribution in [1.29, 1.82) is 0 Å². The predicted molar refractivity (Wildman–Crippen MR) is 58.9 cm³/mol. The van der Waals surface area contributed by atoms with E-state index in [1.54, 1.807) is 6.42 Å². The Morgan fingerprint density at radius 1 is 1.08 bits per heavy atom. The summed E-state index contributed by atoms with van der Waals surface area (Å²) in [6.07, 6.45) is 6.09. The van der Waals surface area contributed by atoms with E-state index < -0.39 is 0 Å². The van der Waals surface area contributed by atoms with Gasteiger partial charge in [-0.2, -0.15) is 0 Å². The summed E-state index contributed by atoms with van der Waals surface area (Å²) in [6.45, 7) is 5.02. The molecule has 0 radical (unpaired) electrons. The molecule has 74 valence electrons. The van der Waals surface area contributed by atoms with Crippen LogP contribution in [0.3, 0.4) is 0 Å². The van der Waals surface area contributed by atoms with Crippen LogP contribution in [-0.2, 0) is 0 Å². The fourth-order valence-electron chi connectivity index (χ4n) is 4.38. The summed E-state index contributed by atoms with van der Waals surface area (Å²) in [4.78, 5) is 0.843. The average Bonchev–Trinajstić information content (AvgIpc) is 2.08. The Hall–Kier alpha value is 0.480. The van der Waals surface area contributed by atoms with Crippen LogP contribution in [0.4, 0.5) is 0 Å². The second kappa shape index (κ2) is 2.53. The van der Waals surface area contributed by atoms with Gasteiger partial charge in [0.1, 0.15) is 0 Å². The first kappa shape index (κ1) is 8.76. The molecule has 13 heavy (non-hydrogen) atoms. The lowest BCUT2D eigenvalue weighted by atomic mass is 9.46. The first-order valence-corrected chi connectivity index (χ1v) is 6.64. The van der Waals surface area contributed by atoms with Crippen LogP contribution in [0.2, 0.25) is 0 Å². The van der Waals surface area contributed by atoms with Crippen molar-refractivity contribution in [2.45, 2.75) is 44.4 Å². The molecule has 0 aromatic heterocycles. The van der Waals surface area contributed by atoms with E-state index in [2.05, 4.69) is 29.8 Å². The summed E-state index contributed by atoms with van der Waals surface area (Å²) in [5.74, 6) is 4.14. The minimum Gasteiger partial charge on any atom is -0.0884 e. The van der Waals surface area contributed by atoms with Gasteiger partial charge in [0, 0.05) is 4.83 Å². The van der Waals surface area contributed by atoms with Crippen LogP contribution in [0.15, 0.2) is 0 Å². The standard InChI is InChI=1S/C12H19Br/c1-12(2)9-4-7-3-8(6-9)11(13)10(12)5-7/h7-11H,3-6H2,1-2H3/t7?,8?,9?,10?,11-/m1/s1. The van der Waals surface area contributed by atoms with Gasteiger partial charge in [-0.25, -0.2) is 0 Å². The molecule has 4 aliphatic carbocycles. The first-order valence-electron chi connectivity index (χ1n) is 5.73. The third-order valence-corrected chi connectivity index (χ3v) is 6.66. The zero-order valence-corrected chi connectivity index (χ0v) is 10.2. The highest BCUT2D eigenvalue weighted by Gasteiger charge is 2.56. The van der Waals surface area contributed by atoms with Gasteiger partial charge in [0.15, 0.2) is 0 Å². The molecule has 0 nitrogen and oxygen atoms in total. The minimum atomic E-state index is 0.627. The number of alkyl halides is 1. The van der Waals surface area contributed by atoms with Crippen molar-refractivity contribution < 1.29 is 0 Å². The molecular weight excluding hydrogens is 224 g/mol. The lowest BCUT2D eigenvalue weighted by molar-refractivity contribution is -0.0802. The third kappa shape index (κ3) is 1.03. The molecular formula is C12H19Br. The third-order valence-electron chi connectivity index (χ3n) is 5.27. The Morgan fingerprint density at radius 2 is 1.85 bits per heavy atom. The fourth-order valence-corrected chi connectivity index (χ4v) is 5.71. The molecule has 0 spiro atoms. The molecule has 0 aliphatic heterocycles. The van der Waals surface area contributed by atoms with Crippen molar-refractivity contribution in [3.05, 3.63) is 0 Å². The molecule has 5 atom stereocenters. The Balaban J connectivity index is 1.99. The maximum absolute atomic E-state index is 3.96. The number of hydrogen-bond acceptors (Lipinski definition) is 0. The minimum absolute atomic E-state index is 0.627. The van der Waals surface area contributed by atoms with E-state index in [0.29, 0.717) is 5.41 Å². The summed E-state index contributed by atoms with van der Waals surface area (Å²) in [5, 5.41) is 0. The first-order chi connectivity index (χ1) is 6.09. The second-order valence-electron chi connectivity index (χ2n) is 6.14. The van der Waals surface area contributed by atoms with Crippen LogP contribution in [0.25, 0.3) is 0 Å². The van der Waals surface area contributed by atoms with Crippen molar-refractivity contribution in [2.75, 3.05) is 0 Å². The van der Waals surface area contributed by atoms with E-state index in [1.165, 1.54) is 19.3 Å². The highest BCUT2D eigenvalue weighted by molar-refractivity contribution is 9.09. The molecule has 0 heterocycles. The Morgan fingerprint density at radius 3 is 2.62 bits per heavy atom. The number of hydrogen-bond donors (Lipinski definition) is 0. The maximum atomic E-state index is 3.96. The van der Waals surface area contributed by atoms with E-state index in [9.17, 15) is 0 Å². The van der Waals surface area contributed by atoms with Crippen LogP contribution in [-0.4, -0.2) is 4.83 Å². The van der Waals surface area contributed by atoms with Crippen molar-refractivity contribution in [3.8, 4) is 0 Å². The molecule has 0 aromatic carbocycles. The molecule has 0 N–H and O–H groups in total. The second-order valence-corrected chi connectivity index (χ2v) is 7.20. The SMILES string of the molecule is CC1(C)C2CC3CC(C2)[C@@H](Br)C1C3. The molecule has 1 heteroatoms. The van der Waals surface area contributed by atoms with E-state index in [4.69, 9.17) is 0 Å². The Kier molecular flexibility index (Phi) is 1.71. The monoisotopic (exact) mass is 242 g/mol. The molecule has 0 amide bonds. The van der Waals surface area contributed by atoms with Gasteiger partial charge in [-0.3, -0.25) is 0 Å². The smallest absolute Gasteiger partial charge is 0.0207 e. The summed E-state index contributed by atoms with van der Waals surface area (Å²) in [5.41, 5.74) is 0.627. The van der Waals surface area contributed by atoms with Gasteiger partial charge in [-0.15, -0.1) is 0 Å². The fraction of sp³-hybridized carbons (Fsp3) is 1.00. The quantitative estimate of drug-likeness (QED) is 0.567. The molecule has 4 unspecified atom stereocenters. The van der Waals surface area contributed by atoms with E-state index >= 15 is 0 Å². The van der Waals surface area contributed by atoms with Crippen LogP contribution >= 0.6 is 15.9 Å². The normalized spacial score (nSPS) is 57.0. The zero-order chi connectivity index (χ0) is 9.22. The van der Waals surface area contributed by atoms with Gasteiger partial charge in [-0.05, 0) is 54.8 Å². The molecule has 0 aromatic rings. The van der Waals surface area contributed by atoms with E-state index in [-0.39, 0.29) is 0 Å². The highest BCUT2D eigenvalue weighted by atomic mass is 79.9. The molecule has 4 rings (SSSR count). The van der Waals surface area contributed by atoms with Crippen LogP contribution in [0.5, 0.6) is 0 Å². The van der Waals surface area contributed by atoms with Crippen molar-refractivity contribution in [1.82, 2.24) is 0 Å². The predicted octanol–water partition coefficient (Wildman–Crippen LogP) is 3.84. The Labute approximate surface area is 89.6 Å². The maximum Gasteiger partial charge on any atom is 0.0207 e. The number of halogens is 1. The van der Waals surface area contributed by atoms with Gasteiger partial charge in [-0.1, -0.05) is 29.8 Å². The van der Waals surface area contributed by atoms with Crippen LogP contribution < -0.4 is 0 Å². The average molecular weight is 243 g/mol. The van der Waals surface area contributed by atoms with Crippen molar-refractivity contribution >= 4 is 15.9 Å². The Bertz CT molecular complexity index is 233. The molecule has 0 saturated heterocycles. The van der Waals surface area contributed by atoms with Crippen LogP contribution in [0, 0.1) is 29.1 Å². The van der Waals surface area contributed by atoms with E-state index in [1.807, 2.05) is 0 Å². The zero-order valence-electron chi connectivity index (χ0n) is 8.59. The van der Waals surface area contributed by atoms with Gasteiger partial charge in [0.05, 0.1) is 0 Å². The summed E-state index contributed by atoms with van der Waals surface area (Å²) < 4.78 is 0. The van der Waals surface area contributed by atoms with Crippen molar-refractivity contribution in [3.63, 3.8) is 0 Å². The van der Waals surface area contributed by atoms with E-state index in [0.717, 1.165) is 28.5 Å². The number of rotatable bonds is 0. The van der Waals surface area contributed by atoms with Gasteiger partial charge >= 0.3 is 0 Å². The topological polar surface area (TPSA) is 0 Å².